The maximum absolute atomic E-state index is 5.90. The van der Waals surface area contributed by atoms with Gasteiger partial charge in [0.05, 0.1) is 0 Å². The van der Waals surface area contributed by atoms with Crippen molar-refractivity contribution in [2.45, 2.75) is 25.3 Å². The highest BCUT2D eigenvalue weighted by Gasteiger charge is 2.29. The van der Waals surface area contributed by atoms with Gasteiger partial charge in [-0.3, -0.25) is 4.90 Å². The highest BCUT2D eigenvalue weighted by Crippen LogP contribution is 2.24. The molecule has 0 amide bonds. The standard InChI is InChI=1S/C12H17ClN4/c13-11-7-12(15-9-14-11)17-6-3-10(8-17)16-4-1-2-5-16/h7,9-10H,1-6,8H2. The van der Waals surface area contributed by atoms with Crippen molar-refractivity contribution in [1.29, 1.82) is 0 Å². The average Bonchev–Trinajstić information content (AvgIpc) is 3.00. The Kier molecular flexibility index (Phi) is 3.16. The van der Waals surface area contributed by atoms with E-state index in [1.807, 2.05) is 6.07 Å². The van der Waals surface area contributed by atoms with Gasteiger partial charge >= 0.3 is 0 Å². The minimum Gasteiger partial charge on any atom is -0.355 e. The molecule has 1 aromatic heterocycles. The molecule has 17 heavy (non-hydrogen) atoms. The summed E-state index contributed by atoms with van der Waals surface area (Å²) in [5.41, 5.74) is 0. The molecule has 5 heteroatoms. The predicted octanol–water partition coefficient (Wildman–Crippen LogP) is 1.80. The summed E-state index contributed by atoms with van der Waals surface area (Å²) in [6.45, 7) is 4.69. The molecule has 2 aliphatic heterocycles. The number of halogens is 1. The number of hydrogen-bond donors (Lipinski definition) is 0. The molecule has 3 rings (SSSR count). The molecular formula is C12H17ClN4. The zero-order chi connectivity index (χ0) is 11.7. The van der Waals surface area contributed by atoms with Gasteiger partial charge in [-0.1, -0.05) is 11.6 Å². The third kappa shape index (κ3) is 2.38. The fourth-order valence-electron chi connectivity index (χ4n) is 2.85. The van der Waals surface area contributed by atoms with E-state index < -0.39 is 0 Å². The summed E-state index contributed by atoms with van der Waals surface area (Å²) in [5, 5.41) is 0.527. The summed E-state index contributed by atoms with van der Waals surface area (Å²) < 4.78 is 0. The minimum atomic E-state index is 0.527. The fraction of sp³-hybridized carbons (Fsp3) is 0.667. The van der Waals surface area contributed by atoms with Crippen LogP contribution in [0, 0.1) is 0 Å². The van der Waals surface area contributed by atoms with Gasteiger partial charge in [0.15, 0.2) is 0 Å². The molecule has 1 atom stereocenters. The first kappa shape index (κ1) is 11.2. The summed E-state index contributed by atoms with van der Waals surface area (Å²) in [6.07, 6.45) is 5.49. The van der Waals surface area contributed by atoms with Gasteiger partial charge in [-0.15, -0.1) is 0 Å². The Morgan fingerprint density at radius 2 is 2.00 bits per heavy atom. The van der Waals surface area contributed by atoms with Crippen LogP contribution in [-0.2, 0) is 0 Å². The first-order valence-electron chi connectivity index (χ1n) is 6.29. The summed E-state index contributed by atoms with van der Waals surface area (Å²) in [5.74, 6) is 0.965. The van der Waals surface area contributed by atoms with Crippen LogP contribution >= 0.6 is 11.6 Å². The Morgan fingerprint density at radius 3 is 2.76 bits per heavy atom. The van der Waals surface area contributed by atoms with Crippen LogP contribution in [0.4, 0.5) is 5.82 Å². The van der Waals surface area contributed by atoms with E-state index in [1.165, 1.54) is 32.4 Å². The largest absolute Gasteiger partial charge is 0.355 e. The van der Waals surface area contributed by atoms with Crippen LogP contribution in [0.25, 0.3) is 0 Å². The Bertz CT molecular complexity index is 392. The van der Waals surface area contributed by atoms with E-state index in [2.05, 4.69) is 19.8 Å². The molecule has 0 aliphatic carbocycles. The molecule has 2 fully saturated rings. The number of aromatic nitrogens is 2. The van der Waals surface area contributed by atoms with Crippen LogP contribution in [-0.4, -0.2) is 47.1 Å². The van der Waals surface area contributed by atoms with Gasteiger partial charge in [0, 0.05) is 25.2 Å². The predicted molar refractivity (Wildman–Crippen MR) is 68.5 cm³/mol. The lowest BCUT2D eigenvalue weighted by Gasteiger charge is -2.23. The summed E-state index contributed by atoms with van der Waals surface area (Å²) in [7, 11) is 0. The van der Waals surface area contributed by atoms with Crippen LogP contribution in [0.2, 0.25) is 5.15 Å². The summed E-state index contributed by atoms with van der Waals surface area (Å²) in [4.78, 5) is 13.1. The zero-order valence-electron chi connectivity index (χ0n) is 9.85. The maximum atomic E-state index is 5.90. The van der Waals surface area contributed by atoms with E-state index in [9.17, 15) is 0 Å². The molecule has 92 valence electrons. The van der Waals surface area contributed by atoms with Crippen molar-refractivity contribution >= 4 is 17.4 Å². The number of anilines is 1. The third-order valence-corrected chi connectivity index (χ3v) is 3.97. The second-order valence-electron chi connectivity index (χ2n) is 4.83. The maximum Gasteiger partial charge on any atom is 0.134 e. The average molecular weight is 253 g/mol. The van der Waals surface area contributed by atoms with Gasteiger partial charge in [-0.25, -0.2) is 9.97 Å². The third-order valence-electron chi connectivity index (χ3n) is 3.76. The van der Waals surface area contributed by atoms with Crippen LogP contribution in [0.1, 0.15) is 19.3 Å². The van der Waals surface area contributed by atoms with Crippen LogP contribution < -0.4 is 4.90 Å². The smallest absolute Gasteiger partial charge is 0.134 e. The molecule has 0 saturated carbocycles. The van der Waals surface area contributed by atoms with Gasteiger partial charge in [-0.05, 0) is 32.4 Å². The molecule has 0 radical (unpaired) electrons. The highest BCUT2D eigenvalue weighted by molar-refractivity contribution is 6.29. The van der Waals surface area contributed by atoms with Crippen LogP contribution in [0.5, 0.6) is 0 Å². The topological polar surface area (TPSA) is 32.3 Å². The SMILES string of the molecule is Clc1cc(N2CCC(N3CCCC3)C2)ncn1. The number of hydrogen-bond acceptors (Lipinski definition) is 4. The van der Waals surface area contributed by atoms with Crippen molar-refractivity contribution in [3.05, 3.63) is 17.5 Å². The molecule has 1 aromatic rings. The highest BCUT2D eigenvalue weighted by atomic mass is 35.5. The quantitative estimate of drug-likeness (QED) is 0.752. The molecule has 4 nitrogen and oxygen atoms in total. The molecule has 0 N–H and O–H groups in total. The van der Waals surface area contributed by atoms with E-state index in [1.54, 1.807) is 6.33 Å². The second kappa shape index (κ2) is 4.78. The summed E-state index contributed by atoms with van der Waals surface area (Å²) >= 11 is 5.90. The van der Waals surface area contributed by atoms with Gasteiger partial charge in [0.1, 0.15) is 17.3 Å². The lowest BCUT2D eigenvalue weighted by molar-refractivity contribution is 0.260. The Morgan fingerprint density at radius 1 is 1.18 bits per heavy atom. The summed E-state index contributed by atoms with van der Waals surface area (Å²) in [6, 6.07) is 2.56. The zero-order valence-corrected chi connectivity index (χ0v) is 10.6. The van der Waals surface area contributed by atoms with Gasteiger partial charge in [-0.2, -0.15) is 0 Å². The first-order chi connectivity index (χ1) is 8.33. The number of nitrogens with zero attached hydrogens (tertiary/aromatic N) is 4. The minimum absolute atomic E-state index is 0.527. The Balaban J connectivity index is 1.67. The number of likely N-dealkylation sites (tertiary alicyclic amines) is 1. The van der Waals surface area contributed by atoms with Gasteiger partial charge < -0.3 is 4.90 Å². The van der Waals surface area contributed by atoms with Gasteiger partial charge in [0.25, 0.3) is 0 Å². The van der Waals surface area contributed by atoms with Crippen molar-refractivity contribution in [1.82, 2.24) is 14.9 Å². The van der Waals surface area contributed by atoms with E-state index >= 15 is 0 Å². The van der Waals surface area contributed by atoms with Crippen LogP contribution in [0.15, 0.2) is 12.4 Å². The first-order valence-corrected chi connectivity index (χ1v) is 6.67. The molecule has 3 heterocycles. The van der Waals surface area contributed by atoms with E-state index in [0.717, 1.165) is 18.9 Å². The van der Waals surface area contributed by atoms with E-state index in [-0.39, 0.29) is 0 Å². The van der Waals surface area contributed by atoms with Crippen LogP contribution in [0.3, 0.4) is 0 Å². The second-order valence-corrected chi connectivity index (χ2v) is 5.22. The van der Waals surface area contributed by atoms with E-state index in [4.69, 9.17) is 11.6 Å². The normalized spacial score (nSPS) is 25.7. The van der Waals surface area contributed by atoms with E-state index in [0.29, 0.717) is 11.2 Å². The molecule has 0 spiro atoms. The molecule has 1 unspecified atom stereocenters. The lowest BCUT2D eigenvalue weighted by atomic mass is 10.2. The van der Waals surface area contributed by atoms with Crippen molar-refractivity contribution in [2.24, 2.45) is 0 Å². The Labute approximate surface area is 107 Å². The van der Waals surface area contributed by atoms with Crippen molar-refractivity contribution in [3.63, 3.8) is 0 Å². The number of rotatable bonds is 2. The van der Waals surface area contributed by atoms with Crippen molar-refractivity contribution < 1.29 is 0 Å². The fourth-order valence-corrected chi connectivity index (χ4v) is 2.99. The van der Waals surface area contributed by atoms with Crippen molar-refractivity contribution in [3.8, 4) is 0 Å². The van der Waals surface area contributed by atoms with Gasteiger partial charge in [0.2, 0.25) is 0 Å². The molecule has 2 saturated heterocycles. The molecule has 2 aliphatic rings. The Hall–Kier alpha value is -0.870. The van der Waals surface area contributed by atoms with Crippen molar-refractivity contribution in [2.75, 3.05) is 31.1 Å². The molecule has 0 bridgehead atoms. The lowest BCUT2D eigenvalue weighted by Crippen LogP contribution is -2.35. The monoisotopic (exact) mass is 252 g/mol. The molecule has 0 aromatic carbocycles. The molecular weight excluding hydrogens is 236 g/mol.